The van der Waals surface area contributed by atoms with Crippen molar-refractivity contribution >= 4 is 5.97 Å². The Morgan fingerprint density at radius 1 is 0.760 bits per heavy atom. The number of hydrogen-bond acceptors (Lipinski definition) is 2. The van der Waals surface area contributed by atoms with Crippen molar-refractivity contribution in [2.45, 2.75) is 117 Å². The molecule has 0 aliphatic carbocycles. The maximum atomic E-state index is 10.9. The molecule has 0 spiro atoms. The van der Waals surface area contributed by atoms with E-state index in [0.717, 1.165) is 19.3 Å². The smallest absolute Gasteiger partial charge is 0.0470 e. The van der Waals surface area contributed by atoms with E-state index in [4.69, 9.17) is 0 Å². The number of carboxylic acids is 1. The monoisotopic (exact) mass is 355 g/mol. The number of quaternary nitrogens is 1. The van der Waals surface area contributed by atoms with E-state index in [1.54, 1.807) is 13.8 Å². The van der Waals surface area contributed by atoms with Crippen LogP contribution in [0.5, 0.6) is 0 Å². The van der Waals surface area contributed by atoms with Gasteiger partial charge < -0.3 is 16.1 Å². The molecule has 0 unspecified atom stereocenters. The van der Waals surface area contributed by atoms with Gasteiger partial charge in [0.15, 0.2) is 0 Å². The van der Waals surface area contributed by atoms with Crippen LogP contribution in [-0.2, 0) is 4.79 Å². The van der Waals surface area contributed by atoms with E-state index in [9.17, 15) is 9.90 Å². The Labute approximate surface area is 157 Å². The Balaban J connectivity index is 0. The van der Waals surface area contributed by atoms with Crippen LogP contribution in [0.1, 0.15) is 117 Å². The summed E-state index contributed by atoms with van der Waals surface area (Å²) in [5.74, 6) is -0.921. The highest BCUT2D eigenvalue weighted by atomic mass is 16.4. The van der Waals surface area contributed by atoms with Gasteiger partial charge in [-0.1, -0.05) is 97.1 Å². The van der Waals surface area contributed by atoms with Crippen molar-refractivity contribution in [1.29, 1.82) is 0 Å². The number of unbranched alkanes of at least 4 members (excludes halogenated alkanes) is 12. The molecular weight excluding hydrogens is 310 g/mol. The molecule has 0 rings (SSSR count). The fraction of sp³-hybridized carbons (Fsp3) is 0.864. The molecule has 0 radical (unpaired) electrons. The molecule has 0 saturated heterocycles. The van der Waals surface area contributed by atoms with Gasteiger partial charge in [0, 0.05) is 11.4 Å². The number of hydrogen-bond donors (Lipinski definition) is 1. The second-order valence-electron chi connectivity index (χ2n) is 7.86. The van der Waals surface area contributed by atoms with Gasteiger partial charge in [0.1, 0.15) is 0 Å². The topological polar surface area (TPSA) is 76.6 Å². The minimum absolute atomic E-state index is 0. The number of aliphatic carboxylic acids is 1. The summed E-state index contributed by atoms with van der Waals surface area (Å²) in [5.41, 5.74) is -0.666. The molecule has 150 valence electrons. The summed E-state index contributed by atoms with van der Waals surface area (Å²) >= 11 is 0. The first-order valence-corrected chi connectivity index (χ1v) is 10.4. The van der Waals surface area contributed by atoms with Gasteiger partial charge in [-0.3, -0.25) is 0 Å². The van der Waals surface area contributed by atoms with E-state index in [1.807, 2.05) is 0 Å². The lowest BCUT2D eigenvalue weighted by Crippen LogP contribution is -2.37. The maximum Gasteiger partial charge on any atom is 0.0470 e. The van der Waals surface area contributed by atoms with Crippen molar-refractivity contribution in [2.24, 2.45) is 5.41 Å². The predicted molar refractivity (Wildman–Crippen MR) is 109 cm³/mol. The summed E-state index contributed by atoms with van der Waals surface area (Å²) in [6, 6.07) is 0. The molecule has 3 heteroatoms. The maximum absolute atomic E-state index is 10.9. The van der Waals surface area contributed by atoms with Crippen LogP contribution in [0.15, 0.2) is 12.2 Å². The summed E-state index contributed by atoms with van der Waals surface area (Å²) in [4.78, 5) is 10.9. The van der Waals surface area contributed by atoms with Crippen LogP contribution in [0.3, 0.4) is 0 Å². The molecule has 0 bridgehead atoms. The van der Waals surface area contributed by atoms with Gasteiger partial charge in [0.05, 0.1) is 0 Å². The van der Waals surface area contributed by atoms with Gasteiger partial charge in [0.2, 0.25) is 0 Å². The van der Waals surface area contributed by atoms with Gasteiger partial charge >= 0.3 is 0 Å². The van der Waals surface area contributed by atoms with E-state index in [-0.39, 0.29) is 6.15 Å². The predicted octanol–water partition coefficient (Wildman–Crippen LogP) is 6.57. The normalized spacial score (nSPS) is 11.6. The molecule has 0 aromatic heterocycles. The highest BCUT2D eigenvalue weighted by molar-refractivity contribution is 5.71. The molecule has 0 atom stereocenters. The Morgan fingerprint density at radius 3 is 1.60 bits per heavy atom. The number of carbonyl (C=O) groups is 1. The summed E-state index contributed by atoms with van der Waals surface area (Å²) < 4.78 is 0. The lowest BCUT2D eigenvalue weighted by atomic mass is 9.87. The van der Waals surface area contributed by atoms with Crippen LogP contribution in [0.4, 0.5) is 0 Å². The summed E-state index contributed by atoms with van der Waals surface area (Å²) in [5, 5.41) is 10.9. The van der Waals surface area contributed by atoms with Crippen molar-refractivity contribution in [1.82, 2.24) is 6.15 Å². The zero-order chi connectivity index (χ0) is 18.1. The fourth-order valence-corrected chi connectivity index (χ4v) is 2.92. The quantitative estimate of drug-likeness (QED) is 0.237. The molecule has 3 nitrogen and oxygen atoms in total. The van der Waals surface area contributed by atoms with E-state index in [1.165, 1.54) is 77.0 Å². The first-order chi connectivity index (χ1) is 11.5. The Kier molecular flexibility index (Phi) is 19.0. The van der Waals surface area contributed by atoms with E-state index >= 15 is 0 Å². The van der Waals surface area contributed by atoms with Crippen LogP contribution in [0.25, 0.3) is 0 Å². The molecule has 0 saturated carbocycles. The first-order valence-electron chi connectivity index (χ1n) is 10.4. The average molecular weight is 356 g/mol. The highest BCUT2D eigenvalue weighted by Crippen LogP contribution is 2.23. The molecule has 4 N–H and O–H groups in total. The van der Waals surface area contributed by atoms with Gasteiger partial charge in [-0.25, -0.2) is 0 Å². The van der Waals surface area contributed by atoms with E-state index in [0.29, 0.717) is 0 Å². The van der Waals surface area contributed by atoms with E-state index in [2.05, 4.69) is 19.1 Å². The van der Waals surface area contributed by atoms with Crippen molar-refractivity contribution in [3.8, 4) is 0 Å². The molecule has 0 aromatic carbocycles. The largest absolute Gasteiger partial charge is 0.550 e. The molecule has 0 aliphatic heterocycles. The van der Waals surface area contributed by atoms with Crippen molar-refractivity contribution in [2.75, 3.05) is 0 Å². The molecule has 0 aromatic rings. The third-order valence-electron chi connectivity index (χ3n) is 4.87. The van der Waals surface area contributed by atoms with Crippen LogP contribution in [-0.4, -0.2) is 5.97 Å². The lowest BCUT2D eigenvalue weighted by molar-refractivity contribution is -0.317. The SMILES string of the molecule is CCCCCCCC/C=C\CCCCCCCCC(C)(C)C(=O)[O-].[NH4+]. The van der Waals surface area contributed by atoms with Gasteiger partial charge in [-0.05, 0) is 32.1 Å². The number of rotatable bonds is 17. The third-order valence-corrected chi connectivity index (χ3v) is 4.87. The number of allylic oxidation sites excluding steroid dienone is 2. The molecular formula is C22H45NO2. The first kappa shape index (κ1) is 26.4. The summed E-state index contributed by atoms with van der Waals surface area (Å²) in [7, 11) is 0. The minimum Gasteiger partial charge on any atom is -0.550 e. The van der Waals surface area contributed by atoms with Crippen LogP contribution >= 0.6 is 0 Å². The molecule has 0 aliphatic rings. The Hall–Kier alpha value is -0.830. The highest BCUT2D eigenvalue weighted by Gasteiger charge is 2.18. The number of carbonyl (C=O) groups excluding carboxylic acids is 1. The third kappa shape index (κ3) is 17.8. The standard InChI is InChI=1S/C22H42O2.H3N/c1-4-5-6-7-8-9-10-11-12-13-14-15-16-17-18-19-20-22(2,3)21(23)24;/h11-12H,4-10,13-20H2,1-3H3,(H,23,24);1H3/b12-11-;. The Bertz CT molecular complexity index is 324. The van der Waals surface area contributed by atoms with Crippen molar-refractivity contribution < 1.29 is 9.90 Å². The van der Waals surface area contributed by atoms with Crippen molar-refractivity contribution in [3.63, 3.8) is 0 Å². The average Bonchev–Trinajstić information content (AvgIpc) is 2.54. The van der Waals surface area contributed by atoms with E-state index < -0.39 is 11.4 Å². The Morgan fingerprint density at radius 2 is 1.16 bits per heavy atom. The number of carboxylic acid groups (broad SMARTS) is 1. The summed E-state index contributed by atoms with van der Waals surface area (Å²) in [6.07, 6.45) is 23.4. The zero-order valence-electron chi connectivity index (χ0n) is 17.6. The van der Waals surface area contributed by atoms with Crippen LogP contribution in [0.2, 0.25) is 0 Å². The fourth-order valence-electron chi connectivity index (χ4n) is 2.92. The van der Waals surface area contributed by atoms with Gasteiger partial charge in [-0.15, -0.1) is 0 Å². The molecule has 25 heavy (non-hydrogen) atoms. The minimum atomic E-state index is -0.921. The second-order valence-corrected chi connectivity index (χ2v) is 7.86. The molecule has 0 heterocycles. The summed E-state index contributed by atoms with van der Waals surface area (Å²) in [6.45, 7) is 5.79. The van der Waals surface area contributed by atoms with Crippen molar-refractivity contribution in [3.05, 3.63) is 12.2 Å². The lowest BCUT2D eigenvalue weighted by Gasteiger charge is -2.25. The van der Waals surface area contributed by atoms with Gasteiger partial charge in [-0.2, -0.15) is 0 Å². The molecule has 0 fully saturated rings. The van der Waals surface area contributed by atoms with Gasteiger partial charge in [0.25, 0.3) is 0 Å². The van der Waals surface area contributed by atoms with Crippen LogP contribution < -0.4 is 11.3 Å². The zero-order valence-corrected chi connectivity index (χ0v) is 17.6. The second kappa shape index (κ2) is 18.0. The molecule has 0 amide bonds. The van der Waals surface area contributed by atoms with Crippen LogP contribution in [0, 0.1) is 5.41 Å².